The van der Waals surface area contributed by atoms with Gasteiger partial charge in [-0.25, -0.2) is 4.39 Å². The van der Waals surface area contributed by atoms with E-state index in [-0.39, 0.29) is 24.9 Å². The molecule has 1 aliphatic heterocycles. The number of fused-ring (bicyclic) bond motifs is 2. The van der Waals surface area contributed by atoms with Crippen molar-refractivity contribution in [1.82, 2.24) is 10.2 Å². The van der Waals surface area contributed by atoms with Gasteiger partial charge in [-0.1, -0.05) is 30.3 Å². The second-order valence-electron chi connectivity index (χ2n) is 6.84. The van der Waals surface area contributed by atoms with E-state index in [1.807, 2.05) is 12.1 Å². The number of rotatable bonds is 2. The third-order valence-electron chi connectivity index (χ3n) is 5.23. The van der Waals surface area contributed by atoms with Gasteiger partial charge in [-0.05, 0) is 41.2 Å². The van der Waals surface area contributed by atoms with Gasteiger partial charge in [-0.3, -0.25) is 9.59 Å². The summed E-state index contributed by atoms with van der Waals surface area (Å²) >= 11 is 0. The molecular formula is C20H20FN3O2. The minimum absolute atomic E-state index is 0.134. The van der Waals surface area contributed by atoms with Crippen molar-refractivity contribution in [3.8, 4) is 0 Å². The Bertz CT molecular complexity index is 897. The summed E-state index contributed by atoms with van der Waals surface area (Å²) in [5, 5.41) is 2.84. The molecule has 1 unspecified atom stereocenters. The first-order valence-corrected chi connectivity index (χ1v) is 8.74. The molecule has 1 heterocycles. The van der Waals surface area contributed by atoms with Gasteiger partial charge in [0.25, 0.3) is 0 Å². The lowest BCUT2D eigenvalue weighted by atomic mass is 10.0. The molecular weight excluding hydrogens is 333 g/mol. The van der Waals surface area contributed by atoms with Crippen molar-refractivity contribution < 1.29 is 14.0 Å². The van der Waals surface area contributed by atoms with Crippen LogP contribution in [-0.4, -0.2) is 16.7 Å². The summed E-state index contributed by atoms with van der Waals surface area (Å²) in [7, 11) is 0. The van der Waals surface area contributed by atoms with Crippen LogP contribution in [0.2, 0.25) is 0 Å². The molecule has 0 bridgehead atoms. The van der Waals surface area contributed by atoms with Crippen molar-refractivity contribution in [1.29, 1.82) is 0 Å². The Morgan fingerprint density at radius 2 is 2.04 bits per heavy atom. The second-order valence-corrected chi connectivity index (χ2v) is 6.84. The molecule has 2 amide bonds. The molecule has 26 heavy (non-hydrogen) atoms. The average Bonchev–Trinajstić information content (AvgIpc) is 3.26. The largest absolute Gasteiger partial charge is 0.341 e. The third-order valence-corrected chi connectivity index (χ3v) is 5.23. The van der Waals surface area contributed by atoms with Crippen LogP contribution in [0.1, 0.15) is 40.3 Å². The van der Waals surface area contributed by atoms with Crippen LogP contribution in [0.3, 0.4) is 0 Å². The molecule has 0 saturated carbocycles. The number of amides is 2. The molecule has 0 saturated heterocycles. The van der Waals surface area contributed by atoms with E-state index in [1.165, 1.54) is 16.5 Å². The zero-order chi connectivity index (χ0) is 18.3. The van der Waals surface area contributed by atoms with Gasteiger partial charge >= 0.3 is 11.8 Å². The van der Waals surface area contributed by atoms with Gasteiger partial charge in [-0.2, -0.15) is 0 Å². The van der Waals surface area contributed by atoms with Gasteiger partial charge in [0.2, 0.25) is 0 Å². The number of nitrogens with two attached hydrogens (primary N) is 1. The lowest BCUT2D eigenvalue weighted by Crippen LogP contribution is -2.41. The highest BCUT2D eigenvalue weighted by Gasteiger charge is 2.32. The zero-order valence-electron chi connectivity index (χ0n) is 14.3. The van der Waals surface area contributed by atoms with E-state index in [1.54, 1.807) is 12.1 Å². The van der Waals surface area contributed by atoms with E-state index in [0.717, 1.165) is 29.5 Å². The Morgan fingerprint density at radius 1 is 1.19 bits per heavy atom. The minimum atomic E-state index is -0.640. The first-order chi connectivity index (χ1) is 12.6. The topological polar surface area (TPSA) is 75.4 Å². The predicted molar refractivity (Wildman–Crippen MR) is 94.2 cm³/mol. The van der Waals surface area contributed by atoms with E-state index in [9.17, 15) is 14.0 Å². The van der Waals surface area contributed by atoms with Crippen LogP contribution >= 0.6 is 0 Å². The fourth-order valence-corrected chi connectivity index (χ4v) is 3.84. The Balaban J connectivity index is 1.44. The van der Waals surface area contributed by atoms with E-state index >= 15 is 0 Å². The van der Waals surface area contributed by atoms with Crippen LogP contribution in [0.5, 0.6) is 0 Å². The highest BCUT2D eigenvalue weighted by Crippen LogP contribution is 2.32. The van der Waals surface area contributed by atoms with Gasteiger partial charge in [0.05, 0.1) is 6.04 Å². The van der Waals surface area contributed by atoms with E-state index in [2.05, 4.69) is 11.4 Å². The average molecular weight is 353 g/mol. The molecule has 2 aromatic rings. The van der Waals surface area contributed by atoms with Crippen LogP contribution < -0.4 is 11.1 Å². The smallest absolute Gasteiger partial charge is 0.312 e. The third kappa shape index (κ3) is 2.86. The maximum absolute atomic E-state index is 13.8. The van der Waals surface area contributed by atoms with Gasteiger partial charge in [0.1, 0.15) is 5.82 Å². The summed E-state index contributed by atoms with van der Waals surface area (Å²) in [4.78, 5) is 26.3. The molecule has 1 atom stereocenters. The standard InChI is InChI=1S/C20H20FN3O2/c21-17-3-1-2-14-10-24(11-16(14)17)20(26)19(25)23-18-7-5-13-8-12(9-22)4-6-15(13)18/h1-4,6,8,18H,5,7,9-11,22H2,(H,23,25). The molecule has 6 heteroatoms. The number of carbonyl (C=O) groups excluding carboxylic acids is 2. The fourth-order valence-electron chi connectivity index (χ4n) is 3.84. The summed E-state index contributed by atoms with van der Waals surface area (Å²) in [6, 6.07) is 10.6. The maximum atomic E-state index is 13.8. The first kappa shape index (κ1) is 16.7. The Labute approximate surface area is 151 Å². The van der Waals surface area contributed by atoms with Crippen molar-refractivity contribution in [2.75, 3.05) is 0 Å². The van der Waals surface area contributed by atoms with Gasteiger partial charge in [0, 0.05) is 25.2 Å². The number of aryl methyl sites for hydroxylation is 1. The first-order valence-electron chi connectivity index (χ1n) is 8.74. The molecule has 5 nitrogen and oxygen atoms in total. The molecule has 134 valence electrons. The Kier molecular flexibility index (Phi) is 4.20. The van der Waals surface area contributed by atoms with Crippen LogP contribution in [-0.2, 0) is 35.6 Å². The van der Waals surface area contributed by atoms with Crippen molar-refractivity contribution in [3.63, 3.8) is 0 Å². The predicted octanol–water partition coefficient (Wildman–Crippen LogP) is 1.93. The monoisotopic (exact) mass is 353 g/mol. The lowest BCUT2D eigenvalue weighted by Gasteiger charge is -2.18. The molecule has 0 spiro atoms. The van der Waals surface area contributed by atoms with Crippen LogP contribution in [0, 0.1) is 5.82 Å². The van der Waals surface area contributed by atoms with Crippen LogP contribution in [0.15, 0.2) is 36.4 Å². The number of halogens is 1. The number of hydrogen-bond donors (Lipinski definition) is 2. The molecule has 2 aromatic carbocycles. The van der Waals surface area contributed by atoms with E-state index in [0.29, 0.717) is 12.1 Å². The molecule has 0 fully saturated rings. The quantitative estimate of drug-likeness (QED) is 0.810. The maximum Gasteiger partial charge on any atom is 0.312 e. The van der Waals surface area contributed by atoms with Crippen LogP contribution in [0.25, 0.3) is 0 Å². The normalized spacial score (nSPS) is 17.8. The highest BCUT2D eigenvalue weighted by molar-refractivity contribution is 6.35. The zero-order valence-corrected chi connectivity index (χ0v) is 14.3. The highest BCUT2D eigenvalue weighted by atomic mass is 19.1. The van der Waals surface area contributed by atoms with E-state index < -0.39 is 11.8 Å². The van der Waals surface area contributed by atoms with Gasteiger partial charge in [0.15, 0.2) is 0 Å². The minimum Gasteiger partial charge on any atom is -0.341 e. The van der Waals surface area contributed by atoms with E-state index in [4.69, 9.17) is 5.73 Å². The van der Waals surface area contributed by atoms with Crippen LogP contribution in [0.4, 0.5) is 4.39 Å². The van der Waals surface area contributed by atoms with Gasteiger partial charge in [-0.15, -0.1) is 0 Å². The molecule has 2 aliphatic rings. The molecule has 0 radical (unpaired) electrons. The number of nitrogens with zero attached hydrogens (tertiary/aromatic N) is 1. The molecule has 3 N–H and O–H groups in total. The van der Waals surface area contributed by atoms with Crippen molar-refractivity contribution in [2.24, 2.45) is 5.73 Å². The van der Waals surface area contributed by atoms with Crippen molar-refractivity contribution >= 4 is 11.8 Å². The summed E-state index contributed by atoms with van der Waals surface area (Å²) < 4.78 is 13.8. The number of benzene rings is 2. The summed E-state index contributed by atoms with van der Waals surface area (Å²) in [5.41, 5.74) is 10.2. The Morgan fingerprint density at radius 3 is 2.81 bits per heavy atom. The van der Waals surface area contributed by atoms with Crippen molar-refractivity contribution in [3.05, 3.63) is 70.0 Å². The van der Waals surface area contributed by atoms with Crippen molar-refractivity contribution in [2.45, 2.75) is 38.5 Å². The second kappa shape index (κ2) is 6.53. The molecule has 4 rings (SSSR count). The number of nitrogens with one attached hydrogen (secondary N) is 1. The number of hydrogen-bond acceptors (Lipinski definition) is 3. The molecule has 1 aliphatic carbocycles. The SMILES string of the molecule is NCc1ccc2c(c1)CCC2NC(=O)C(=O)N1Cc2cccc(F)c2C1. The fraction of sp³-hybridized carbons (Fsp3) is 0.300. The summed E-state index contributed by atoms with van der Waals surface area (Å²) in [6.07, 6.45) is 1.61. The number of carbonyl (C=O) groups is 2. The summed E-state index contributed by atoms with van der Waals surface area (Å²) in [6.45, 7) is 0.880. The lowest BCUT2D eigenvalue weighted by molar-refractivity contribution is -0.146. The van der Waals surface area contributed by atoms with Gasteiger partial charge < -0.3 is 16.0 Å². The Hall–Kier alpha value is -2.73. The molecule has 0 aromatic heterocycles. The summed E-state index contributed by atoms with van der Waals surface area (Å²) in [5.74, 6) is -1.59.